The van der Waals surface area contributed by atoms with Crippen molar-refractivity contribution < 1.29 is 34.4 Å². The minimum atomic E-state index is -2.09. The molecule has 1 amide bonds. The molecule has 0 aliphatic heterocycles. The van der Waals surface area contributed by atoms with Gasteiger partial charge in [0.15, 0.2) is 11.4 Å². The van der Waals surface area contributed by atoms with Crippen LogP contribution in [0.15, 0.2) is 35.6 Å². The van der Waals surface area contributed by atoms with Crippen molar-refractivity contribution in [3.63, 3.8) is 0 Å². The minimum absolute atomic E-state index is 0.0259. The molecule has 1 fully saturated rings. The number of benzene rings is 1. The van der Waals surface area contributed by atoms with E-state index in [-0.39, 0.29) is 23.3 Å². The highest BCUT2D eigenvalue weighted by molar-refractivity contribution is 6.24. The lowest BCUT2D eigenvalue weighted by Gasteiger charge is -2.52. The number of nitrogens with zero attached hydrogens (tertiary/aromatic N) is 1. The van der Waals surface area contributed by atoms with Crippen LogP contribution in [0.3, 0.4) is 0 Å². The second kappa shape index (κ2) is 7.82. The number of phenols is 1. The van der Waals surface area contributed by atoms with E-state index in [2.05, 4.69) is 6.58 Å². The average Bonchev–Trinajstić information content (AvgIpc) is 2.73. The molecule has 3 aliphatic carbocycles. The number of carbonyl (C=O) groups excluding carboxylic acids is 3. The Hall–Kier alpha value is -3.43. The molecule has 9 heteroatoms. The van der Waals surface area contributed by atoms with Crippen LogP contribution in [0.1, 0.15) is 30.0 Å². The van der Waals surface area contributed by atoms with Gasteiger partial charge in [0.25, 0.3) is 5.91 Å². The van der Waals surface area contributed by atoms with E-state index in [4.69, 9.17) is 10.5 Å². The summed E-state index contributed by atoms with van der Waals surface area (Å²) in [6.07, 6.45) is 0.489. The van der Waals surface area contributed by atoms with Crippen molar-refractivity contribution in [2.75, 3.05) is 21.2 Å². The Morgan fingerprint density at radius 3 is 2.41 bits per heavy atom. The lowest BCUT2D eigenvalue weighted by atomic mass is 9.57. The summed E-state index contributed by atoms with van der Waals surface area (Å²) in [6.45, 7) is 5.78. The van der Waals surface area contributed by atoms with Crippen molar-refractivity contribution in [1.82, 2.24) is 4.90 Å². The predicted octanol–water partition coefficient (Wildman–Crippen LogP) is 1.65. The van der Waals surface area contributed by atoms with Gasteiger partial charge >= 0.3 is 0 Å². The van der Waals surface area contributed by atoms with Crippen molar-refractivity contribution >= 4 is 28.8 Å². The number of rotatable bonds is 4. The van der Waals surface area contributed by atoms with Crippen molar-refractivity contribution in [2.45, 2.75) is 31.4 Å². The summed E-state index contributed by atoms with van der Waals surface area (Å²) >= 11 is 0. The van der Waals surface area contributed by atoms with Crippen molar-refractivity contribution in [2.24, 2.45) is 17.6 Å². The number of methoxy groups -OCH3 is 1. The van der Waals surface area contributed by atoms with Gasteiger partial charge in [-0.05, 0) is 57.0 Å². The first-order valence-corrected chi connectivity index (χ1v) is 10.9. The fraction of sp³-hybridized carbons (Fsp3) is 0.400. The van der Waals surface area contributed by atoms with Crippen molar-refractivity contribution in [3.05, 3.63) is 52.3 Å². The number of carbonyl (C=O) groups is 3. The van der Waals surface area contributed by atoms with Crippen LogP contribution in [0.4, 0.5) is 0 Å². The smallest absolute Gasteiger partial charge is 0.255 e. The molecule has 1 aromatic rings. The molecule has 34 heavy (non-hydrogen) atoms. The van der Waals surface area contributed by atoms with Crippen molar-refractivity contribution in [3.8, 4) is 5.75 Å². The number of likely N-dealkylation sites (N-methyl/N-ethyl adjacent to an activating group) is 1. The van der Waals surface area contributed by atoms with Crippen LogP contribution < -0.4 is 5.73 Å². The first-order chi connectivity index (χ1) is 15.9. The molecule has 180 valence electrons. The van der Waals surface area contributed by atoms with Gasteiger partial charge in [0.2, 0.25) is 5.78 Å². The molecule has 1 saturated carbocycles. The molecule has 0 radical (unpaired) electrons. The summed E-state index contributed by atoms with van der Waals surface area (Å²) in [5.41, 5.74) is 4.86. The summed E-state index contributed by atoms with van der Waals surface area (Å²) in [5.74, 6) is -5.47. The molecule has 0 aromatic heterocycles. The molecule has 0 bridgehead atoms. The number of hydrogen-bond donors (Lipinski definition) is 4. The fourth-order valence-electron chi connectivity index (χ4n) is 5.96. The van der Waals surface area contributed by atoms with Gasteiger partial charge in [0, 0.05) is 18.6 Å². The number of fused-ring (bicyclic) bond motifs is 3. The predicted molar refractivity (Wildman–Crippen MR) is 124 cm³/mol. The number of amides is 1. The number of aliphatic hydroxyl groups excluding tert-OH is 2. The van der Waals surface area contributed by atoms with Gasteiger partial charge in [-0.25, -0.2) is 0 Å². The quantitative estimate of drug-likeness (QED) is 0.487. The molecule has 9 nitrogen and oxygen atoms in total. The van der Waals surface area contributed by atoms with Gasteiger partial charge in [0.1, 0.15) is 22.8 Å². The van der Waals surface area contributed by atoms with Crippen LogP contribution >= 0.6 is 0 Å². The number of ketones is 2. The lowest BCUT2D eigenvalue weighted by Crippen LogP contribution is -2.66. The molecule has 4 rings (SSSR count). The van der Waals surface area contributed by atoms with Gasteiger partial charge < -0.3 is 25.8 Å². The zero-order chi connectivity index (χ0) is 25.3. The Kier molecular flexibility index (Phi) is 5.45. The van der Waals surface area contributed by atoms with Gasteiger partial charge in [-0.2, -0.15) is 0 Å². The number of ether oxygens (including phenoxy) is 1. The zero-order valence-electron chi connectivity index (χ0n) is 19.5. The largest absolute Gasteiger partial charge is 0.508 e. The maximum atomic E-state index is 14.0. The number of aliphatic hydroxyl groups is 2. The lowest BCUT2D eigenvalue weighted by molar-refractivity contribution is -0.159. The topological polar surface area (TPSA) is 150 Å². The average molecular weight is 469 g/mol. The Balaban J connectivity index is 2.03. The Labute approximate surface area is 196 Å². The van der Waals surface area contributed by atoms with Gasteiger partial charge in [-0.3, -0.25) is 19.3 Å². The zero-order valence-corrected chi connectivity index (χ0v) is 19.5. The van der Waals surface area contributed by atoms with Gasteiger partial charge in [0.05, 0.1) is 11.6 Å². The Bertz CT molecular complexity index is 1230. The van der Waals surface area contributed by atoms with E-state index in [0.29, 0.717) is 12.0 Å². The fourth-order valence-corrected chi connectivity index (χ4v) is 5.96. The molecule has 5 N–H and O–H groups in total. The van der Waals surface area contributed by atoms with Crippen LogP contribution in [0.2, 0.25) is 0 Å². The number of primary amides is 1. The molecule has 0 spiro atoms. The SMILES string of the molecule is C=C(C)c1ccc(O)c2c1CC1CC3[C@H](N(C)C)C(=O)C(C(N)=O)=C(O)[C@@]3(OC)C(=O)C1=C2O. The number of allylic oxidation sites excluding steroid dienone is 1. The molecule has 2 unspecified atom stereocenters. The highest BCUT2D eigenvalue weighted by Crippen LogP contribution is 2.54. The molecular weight excluding hydrogens is 440 g/mol. The Morgan fingerprint density at radius 1 is 1.24 bits per heavy atom. The second-order valence-corrected chi connectivity index (χ2v) is 9.40. The number of hydrogen-bond acceptors (Lipinski definition) is 8. The number of Topliss-reactive ketones (excluding diaryl/α,β-unsaturated/α-hetero) is 2. The molecule has 3 aliphatic rings. The van der Waals surface area contributed by atoms with E-state index in [0.717, 1.165) is 11.1 Å². The molecule has 1 aromatic carbocycles. The first-order valence-electron chi connectivity index (χ1n) is 10.9. The molecule has 0 saturated heterocycles. The maximum absolute atomic E-state index is 14.0. The molecule has 0 heterocycles. The standard InChI is InChI=1S/C25H28N2O7/c1-10(2)12-6-7-15(28)17-13(12)8-11-9-14-19(27(3)4)21(30)18(24(26)33)23(32)25(14,34-5)22(31)16(11)20(17)29/h6-7,11,14,19,28-29,32H,1,8-9H2,2-5H3,(H2,26,33)/t11?,14?,19-,25-/m0/s1. The number of phenolic OH excluding ortho intramolecular Hbond substituents is 1. The van der Waals surface area contributed by atoms with Crippen molar-refractivity contribution in [1.29, 1.82) is 0 Å². The Morgan fingerprint density at radius 2 is 1.88 bits per heavy atom. The summed E-state index contributed by atoms with van der Waals surface area (Å²) in [4.78, 5) is 41.0. The van der Waals surface area contributed by atoms with Gasteiger partial charge in [-0.1, -0.05) is 18.2 Å². The molecule has 4 atom stereocenters. The number of nitrogens with two attached hydrogens (primary N) is 1. The minimum Gasteiger partial charge on any atom is -0.508 e. The van der Waals surface area contributed by atoms with Crippen LogP contribution in [-0.4, -0.2) is 70.5 Å². The first kappa shape index (κ1) is 23.7. The third-order valence-corrected chi connectivity index (χ3v) is 7.35. The molecular formula is C25H28N2O7. The number of aromatic hydroxyl groups is 1. The summed E-state index contributed by atoms with van der Waals surface area (Å²) in [7, 11) is 4.46. The summed E-state index contributed by atoms with van der Waals surface area (Å²) in [6, 6.07) is 2.16. The highest BCUT2D eigenvalue weighted by Gasteiger charge is 2.65. The van der Waals surface area contributed by atoms with Crippen LogP contribution in [0.25, 0.3) is 11.3 Å². The van der Waals surface area contributed by atoms with Crippen LogP contribution in [0.5, 0.6) is 5.75 Å². The summed E-state index contributed by atoms with van der Waals surface area (Å²) < 4.78 is 5.63. The van der Waals surface area contributed by atoms with Crippen LogP contribution in [0, 0.1) is 11.8 Å². The summed E-state index contributed by atoms with van der Waals surface area (Å²) in [5, 5.41) is 32.9. The van der Waals surface area contributed by atoms with E-state index < -0.39 is 58.0 Å². The second-order valence-electron chi connectivity index (χ2n) is 9.40. The third-order valence-electron chi connectivity index (χ3n) is 7.35. The highest BCUT2D eigenvalue weighted by atomic mass is 16.5. The van der Waals surface area contributed by atoms with E-state index in [1.165, 1.54) is 13.2 Å². The van der Waals surface area contributed by atoms with E-state index >= 15 is 0 Å². The van der Waals surface area contributed by atoms with E-state index in [1.807, 2.05) is 0 Å². The van der Waals surface area contributed by atoms with E-state index in [1.54, 1.807) is 32.0 Å². The van der Waals surface area contributed by atoms with E-state index in [9.17, 15) is 29.7 Å². The normalized spacial score (nSPS) is 28.6. The maximum Gasteiger partial charge on any atom is 0.255 e. The monoisotopic (exact) mass is 468 g/mol. The van der Waals surface area contributed by atoms with Gasteiger partial charge in [-0.15, -0.1) is 0 Å². The third kappa shape index (κ3) is 2.90. The van der Waals surface area contributed by atoms with Crippen LogP contribution in [-0.2, 0) is 25.5 Å².